The van der Waals surface area contributed by atoms with Crippen LogP contribution in [0.15, 0.2) is 64.1 Å². The Morgan fingerprint density at radius 3 is 2.58 bits per heavy atom. The number of carbonyl (C=O) groups is 1. The number of hydrogen-bond donors (Lipinski definition) is 3. The lowest BCUT2D eigenvalue weighted by molar-refractivity contribution is 0.0884. The predicted octanol–water partition coefficient (Wildman–Crippen LogP) is 1.80. The number of benzene rings is 2. The van der Waals surface area contributed by atoms with Crippen molar-refractivity contribution < 1.29 is 22.7 Å². The number of hydrogen-bond acceptors (Lipinski definition) is 5. The van der Waals surface area contributed by atoms with Crippen molar-refractivity contribution >= 4 is 26.7 Å². The summed E-state index contributed by atoms with van der Waals surface area (Å²) in [5, 5.41) is 14.5. The zero-order chi connectivity index (χ0) is 18.7. The van der Waals surface area contributed by atoms with Crippen molar-refractivity contribution in [3.8, 4) is 0 Å². The van der Waals surface area contributed by atoms with Gasteiger partial charge in [0.05, 0.1) is 6.10 Å². The van der Waals surface area contributed by atoms with Crippen molar-refractivity contribution in [2.45, 2.75) is 11.2 Å². The van der Waals surface area contributed by atoms with Crippen LogP contribution in [0.5, 0.6) is 0 Å². The molecule has 0 aliphatic rings. The van der Waals surface area contributed by atoms with Crippen LogP contribution in [0.3, 0.4) is 0 Å². The highest BCUT2D eigenvalue weighted by Crippen LogP contribution is 2.20. The van der Waals surface area contributed by atoms with Crippen LogP contribution in [-0.2, 0) is 10.0 Å². The number of fused-ring (bicyclic) bond motifs is 1. The van der Waals surface area contributed by atoms with Crippen LogP contribution in [0.2, 0.25) is 0 Å². The van der Waals surface area contributed by atoms with Crippen molar-refractivity contribution in [2.24, 2.45) is 0 Å². The first kappa shape index (κ1) is 18.1. The number of sulfonamides is 1. The molecule has 0 aliphatic carbocycles. The van der Waals surface area contributed by atoms with Gasteiger partial charge in [-0.25, -0.2) is 13.1 Å². The van der Waals surface area contributed by atoms with E-state index in [4.69, 9.17) is 4.42 Å². The van der Waals surface area contributed by atoms with Crippen LogP contribution in [0, 0.1) is 0 Å². The molecule has 0 radical (unpaired) electrons. The Morgan fingerprint density at radius 1 is 1.12 bits per heavy atom. The molecule has 3 N–H and O–H groups in total. The van der Waals surface area contributed by atoms with Gasteiger partial charge in [-0.1, -0.05) is 36.4 Å². The maximum absolute atomic E-state index is 12.1. The van der Waals surface area contributed by atoms with E-state index in [2.05, 4.69) is 10.0 Å². The van der Waals surface area contributed by atoms with E-state index in [0.29, 0.717) is 5.56 Å². The van der Waals surface area contributed by atoms with E-state index in [1.54, 1.807) is 6.07 Å². The van der Waals surface area contributed by atoms with Gasteiger partial charge in [-0.2, -0.15) is 0 Å². The minimum atomic E-state index is -3.75. The number of carbonyl (C=O) groups excluding carboxylic acids is 1. The van der Waals surface area contributed by atoms with Crippen LogP contribution in [0.25, 0.3) is 10.8 Å². The normalized spacial score (nSPS) is 12.8. The minimum absolute atomic E-state index is 0.0357. The molecule has 136 valence electrons. The molecule has 0 aliphatic heterocycles. The maximum atomic E-state index is 12.1. The van der Waals surface area contributed by atoms with Crippen LogP contribution < -0.4 is 10.0 Å². The molecule has 0 bridgehead atoms. The van der Waals surface area contributed by atoms with Crippen molar-refractivity contribution in [1.82, 2.24) is 10.0 Å². The van der Waals surface area contributed by atoms with Crippen molar-refractivity contribution in [3.63, 3.8) is 0 Å². The third-order valence-electron chi connectivity index (χ3n) is 3.95. The number of rotatable bonds is 6. The lowest BCUT2D eigenvalue weighted by atomic mass is 10.0. The first-order valence-corrected chi connectivity index (χ1v) is 9.37. The molecule has 0 fully saturated rings. The Labute approximate surface area is 150 Å². The molecule has 7 nitrogen and oxygen atoms in total. The van der Waals surface area contributed by atoms with Crippen LogP contribution in [0.4, 0.5) is 0 Å². The Bertz CT molecular complexity index is 1040. The molecule has 0 saturated heterocycles. The summed E-state index contributed by atoms with van der Waals surface area (Å²) in [6.45, 7) is -0.0357. The Kier molecular flexibility index (Phi) is 5.08. The summed E-state index contributed by atoms with van der Waals surface area (Å²) in [6, 6.07) is 15.8. The van der Waals surface area contributed by atoms with E-state index >= 15 is 0 Å². The molecule has 3 aromatic rings. The van der Waals surface area contributed by atoms with Crippen molar-refractivity contribution in [2.75, 3.05) is 13.6 Å². The molecular formula is C18H18N2O5S. The fourth-order valence-corrected chi connectivity index (χ4v) is 3.14. The maximum Gasteiger partial charge on any atom is 0.287 e. The molecule has 2 aromatic carbocycles. The van der Waals surface area contributed by atoms with E-state index in [9.17, 15) is 18.3 Å². The van der Waals surface area contributed by atoms with Gasteiger partial charge in [0.25, 0.3) is 15.9 Å². The smallest absolute Gasteiger partial charge is 0.287 e. The number of aliphatic hydroxyl groups is 1. The zero-order valence-corrected chi connectivity index (χ0v) is 14.8. The average Bonchev–Trinajstić information content (AvgIpc) is 3.16. The van der Waals surface area contributed by atoms with E-state index < -0.39 is 22.0 Å². The SMILES string of the molecule is CNS(=O)(=O)c1ccc(C(=O)NCC(O)c2ccc3ccccc3c2)o1. The molecule has 1 aromatic heterocycles. The molecule has 1 unspecified atom stereocenters. The summed E-state index contributed by atoms with van der Waals surface area (Å²) < 4.78 is 30.4. The van der Waals surface area contributed by atoms with E-state index in [0.717, 1.165) is 10.8 Å². The van der Waals surface area contributed by atoms with Crippen LogP contribution >= 0.6 is 0 Å². The second-order valence-corrected chi connectivity index (χ2v) is 7.48. The quantitative estimate of drug-likeness (QED) is 0.610. The highest BCUT2D eigenvalue weighted by atomic mass is 32.2. The van der Waals surface area contributed by atoms with Gasteiger partial charge in [0.15, 0.2) is 5.76 Å². The third-order valence-corrected chi connectivity index (χ3v) is 5.24. The summed E-state index contributed by atoms with van der Waals surface area (Å²) in [5.74, 6) is -0.757. The van der Waals surface area contributed by atoms with E-state index in [1.165, 1.54) is 19.2 Å². The highest BCUT2D eigenvalue weighted by molar-refractivity contribution is 7.89. The summed E-state index contributed by atoms with van der Waals surface area (Å²) in [5.41, 5.74) is 0.668. The standard InChI is InChI=1S/C18H18N2O5S/c1-19-26(23,24)17-9-8-16(25-17)18(22)20-11-15(21)14-7-6-12-4-2-3-5-13(12)10-14/h2-10,15,19,21H,11H2,1H3,(H,20,22). The fourth-order valence-electron chi connectivity index (χ4n) is 2.50. The number of furan rings is 1. The molecule has 1 atom stereocenters. The lowest BCUT2D eigenvalue weighted by Gasteiger charge is -2.12. The number of amides is 1. The Morgan fingerprint density at radius 2 is 1.85 bits per heavy atom. The van der Waals surface area contributed by atoms with Gasteiger partial charge in [0, 0.05) is 6.54 Å². The van der Waals surface area contributed by atoms with Crippen LogP contribution in [-0.4, -0.2) is 33.0 Å². The first-order chi connectivity index (χ1) is 12.4. The van der Waals surface area contributed by atoms with Gasteiger partial charge in [-0.05, 0) is 41.6 Å². The summed E-state index contributed by atoms with van der Waals surface area (Å²) in [4.78, 5) is 12.1. The molecule has 0 spiro atoms. The monoisotopic (exact) mass is 374 g/mol. The van der Waals surface area contributed by atoms with Gasteiger partial charge in [0.2, 0.25) is 5.09 Å². The summed E-state index contributed by atoms with van der Waals surface area (Å²) in [7, 11) is -2.50. The van der Waals surface area contributed by atoms with Gasteiger partial charge in [-0.15, -0.1) is 0 Å². The minimum Gasteiger partial charge on any atom is -0.438 e. The van der Waals surface area contributed by atoms with Crippen molar-refractivity contribution in [3.05, 3.63) is 65.9 Å². The topological polar surface area (TPSA) is 109 Å². The predicted molar refractivity (Wildman–Crippen MR) is 96.2 cm³/mol. The summed E-state index contributed by atoms with van der Waals surface area (Å²) >= 11 is 0. The Hall–Kier alpha value is -2.68. The molecule has 0 saturated carbocycles. The van der Waals surface area contributed by atoms with Gasteiger partial charge < -0.3 is 14.8 Å². The number of aliphatic hydroxyl groups excluding tert-OH is 1. The van der Waals surface area contributed by atoms with Gasteiger partial charge in [0.1, 0.15) is 0 Å². The van der Waals surface area contributed by atoms with Gasteiger partial charge >= 0.3 is 0 Å². The lowest BCUT2D eigenvalue weighted by Crippen LogP contribution is -2.28. The molecule has 3 rings (SSSR count). The summed E-state index contributed by atoms with van der Waals surface area (Å²) in [6.07, 6.45) is -0.904. The van der Waals surface area contributed by atoms with E-state index in [-0.39, 0.29) is 17.4 Å². The second-order valence-electron chi connectivity index (χ2n) is 5.66. The second kappa shape index (κ2) is 7.28. The van der Waals surface area contributed by atoms with E-state index in [1.807, 2.05) is 36.4 Å². The van der Waals surface area contributed by atoms with Crippen LogP contribution in [0.1, 0.15) is 22.2 Å². The molecule has 1 amide bonds. The van der Waals surface area contributed by atoms with Crippen molar-refractivity contribution in [1.29, 1.82) is 0 Å². The highest BCUT2D eigenvalue weighted by Gasteiger charge is 2.20. The molecule has 1 heterocycles. The molecule has 8 heteroatoms. The third kappa shape index (κ3) is 3.77. The fraction of sp³-hybridized carbons (Fsp3) is 0.167. The molecular weight excluding hydrogens is 356 g/mol. The largest absolute Gasteiger partial charge is 0.438 e. The zero-order valence-electron chi connectivity index (χ0n) is 14.0. The first-order valence-electron chi connectivity index (χ1n) is 7.89. The van der Waals surface area contributed by atoms with Gasteiger partial charge in [-0.3, -0.25) is 4.79 Å². The number of nitrogens with one attached hydrogen (secondary N) is 2. The Balaban J connectivity index is 1.66. The average molecular weight is 374 g/mol. The molecule has 26 heavy (non-hydrogen) atoms.